The lowest BCUT2D eigenvalue weighted by atomic mass is 10.1. The van der Waals surface area contributed by atoms with Crippen LogP contribution < -0.4 is 10.1 Å². The molecule has 7 heteroatoms. The Hall–Kier alpha value is -3.09. The van der Waals surface area contributed by atoms with E-state index in [0.717, 1.165) is 16.8 Å². The molecule has 0 saturated carbocycles. The van der Waals surface area contributed by atoms with Crippen molar-refractivity contribution in [2.75, 3.05) is 0 Å². The first kappa shape index (κ1) is 22.1. The lowest BCUT2D eigenvalue weighted by Crippen LogP contribution is -2.19. The van der Waals surface area contributed by atoms with E-state index in [-0.39, 0.29) is 12.5 Å². The van der Waals surface area contributed by atoms with Gasteiger partial charge in [-0.15, -0.1) is 0 Å². The molecule has 1 aliphatic rings. The molecule has 3 aromatic carbocycles. The number of halogens is 2. The van der Waals surface area contributed by atoms with Gasteiger partial charge in [0.25, 0.3) is 5.91 Å². The zero-order valence-electron chi connectivity index (χ0n) is 17.5. The van der Waals surface area contributed by atoms with E-state index >= 15 is 0 Å². The van der Waals surface area contributed by atoms with Crippen molar-refractivity contribution >= 4 is 46.2 Å². The molecule has 0 unspecified atom stereocenters. The van der Waals surface area contributed by atoms with Crippen molar-refractivity contribution in [3.8, 4) is 5.75 Å². The molecule has 4 rings (SSSR count). The molecule has 1 fully saturated rings. The second kappa shape index (κ2) is 9.59. The van der Waals surface area contributed by atoms with E-state index in [1.165, 1.54) is 23.4 Å². The molecule has 4 nitrogen and oxygen atoms in total. The van der Waals surface area contributed by atoms with Crippen LogP contribution in [0.2, 0.25) is 5.02 Å². The molecule has 3 aromatic rings. The molecule has 0 spiro atoms. The van der Waals surface area contributed by atoms with Gasteiger partial charge in [-0.1, -0.05) is 47.5 Å². The Bertz CT molecular complexity index is 1220. The van der Waals surface area contributed by atoms with E-state index in [9.17, 15) is 9.18 Å². The number of rotatable bonds is 5. The van der Waals surface area contributed by atoms with Crippen molar-refractivity contribution in [1.29, 1.82) is 0 Å². The summed E-state index contributed by atoms with van der Waals surface area (Å²) in [7, 11) is 0. The van der Waals surface area contributed by atoms with Gasteiger partial charge < -0.3 is 10.1 Å². The zero-order valence-corrected chi connectivity index (χ0v) is 19.1. The maximum Gasteiger partial charge on any atom is 0.264 e. The second-order valence-electron chi connectivity index (χ2n) is 7.33. The summed E-state index contributed by atoms with van der Waals surface area (Å²) in [5.41, 5.74) is 4.20. The Labute approximate surface area is 195 Å². The highest BCUT2D eigenvalue weighted by Crippen LogP contribution is 2.30. The minimum Gasteiger partial charge on any atom is -0.489 e. The number of hydrogen-bond donors (Lipinski definition) is 1. The van der Waals surface area contributed by atoms with E-state index in [2.05, 4.69) is 16.4 Å². The monoisotopic (exact) mass is 466 g/mol. The molecule has 0 aromatic heterocycles. The molecular formula is C25H20ClFN2O2S. The summed E-state index contributed by atoms with van der Waals surface area (Å²) in [6.07, 6.45) is 1.79. The third-order valence-corrected chi connectivity index (χ3v) is 6.11. The number of aryl methyl sites for hydroxylation is 2. The maximum atomic E-state index is 13.9. The number of aliphatic imine (C=N–C) groups is 1. The Morgan fingerprint density at radius 3 is 2.62 bits per heavy atom. The van der Waals surface area contributed by atoms with E-state index in [1.807, 2.05) is 38.1 Å². The molecule has 1 amide bonds. The highest BCUT2D eigenvalue weighted by Gasteiger charge is 2.24. The minimum absolute atomic E-state index is 0.0302. The van der Waals surface area contributed by atoms with Crippen molar-refractivity contribution < 1.29 is 13.9 Å². The largest absolute Gasteiger partial charge is 0.489 e. The van der Waals surface area contributed by atoms with Crippen LogP contribution in [0.5, 0.6) is 5.75 Å². The van der Waals surface area contributed by atoms with Crippen LogP contribution >= 0.6 is 23.4 Å². The number of thioether (sulfide) groups is 1. The lowest BCUT2D eigenvalue weighted by molar-refractivity contribution is -0.115. The number of nitrogens with zero attached hydrogens (tertiary/aromatic N) is 1. The summed E-state index contributed by atoms with van der Waals surface area (Å²) in [6, 6.07) is 17.7. The van der Waals surface area contributed by atoms with Crippen LogP contribution in [0, 0.1) is 19.7 Å². The molecular weight excluding hydrogens is 447 g/mol. The average Bonchev–Trinajstić information content (AvgIpc) is 3.09. The topological polar surface area (TPSA) is 50.7 Å². The number of amides is 1. The fourth-order valence-corrected chi connectivity index (χ4v) is 4.21. The van der Waals surface area contributed by atoms with Crippen LogP contribution in [0.3, 0.4) is 0 Å². The summed E-state index contributed by atoms with van der Waals surface area (Å²) in [5, 5.41) is 3.69. The first-order valence-corrected chi connectivity index (χ1v) is 11.1. The first-order chi connectivity index (χ1) is 15.4. The van der Waals surface area contributed by atoms with E-state index in [0.29, 0.717) is 26.4 Å². The van der Waals surface area contributed by atoms with Crippen LogP contribution in [-0.2, 0) is 11.4 Å². The predicted octanol–water partition coefficient (Wildman–Crippen LogP) is 6.57. The summed E-state index contributed by atoms with van der Waals surface area (Å²) in [4.78, 5) is 17.5. The van der Waals surface area contributed by atoms with Gasteiger partial charge in [-0.05, 0) is 73.1 Å². The van der Waals surface area contributed by atoms with Gasteiger partial charge in [-0.25, -0.2) is 9.38 Å². The number of ether oxygens (including phenoxy) is 1. The lowest BCUT2D eigenvalue weighted by Gasteiger charge is -2.09. The highest BCUT2D eigenvalue weighted by atomic mass is 35.5. The Balaban J connectivity index is 1.43. The molecule has 1 aliphatic heterocycles. The van der Waals surface area contributed by atoms with E-state index in [4.69, 9.17) is 16.3 Å². The van der Waals surface area contributed by atoms with Gasteiger partial charge in [0.05, 0.1) is 15.6 Å². The predicted molar refractivity (Wildman–Crippen MR) is 129 cm³/mol. The Morgan fingerprint density at radius 2 is 1.91 bits per heavy atom. The molecule has 162 valence electrons. The quantitative estimate of drug-likeness (QED) is 0.433. The fourth-order valence-electron chi connectivity index (χ4n) is 3.16. The van der Waals surface area contributed by atoms with Crippen LogP contribution in [0.15, 0.2) is 70.6 Å². The summed E-state index contributed by atoms with van der Waals surface area (Å²) >= 11 is 7.33. The van der Waals surface area contributed by atoms with Gasteiger partial charge >= 0.3 is 0 Å². The normalized spacial score (nSPS) is 15.9. The summed E-state index contributed by atoms with van der Waals surface area (Å²) in [6.45, 7) is 4.05. The number of amidine groups is 1. The van der Waals surface area contributed by atoms with Crippen molar-refractivity contribution in [2.45, 2.75) is 20.5 Å². The number of carbonyl (C=O) groups excluding carboxylic acids is 1. The first-order valence-electron chi connectivity index (χ1n) is 9.91. The number of benzene rings is 3. The van der Waals surface area contributed by atoms with Gasteiger partial charge in [-0.2, -0.15) is 0 Å². The highest BCUT2D eigenvalue weighted by molar-refractivity contribution is 8.18. The van der Waals surface area contributed by atoms with Crippen molar-refractivity contribution in [3.63, 3.8) is 0 Å². The van der Waals surface area contributed by atoms with Gasteiger partial charge in [-0.3, -0.25) is 4.79 Å². The molecule has 0 atom stereocenters. The SMILES string of the molecule is Cc1ccc(N=C2NC(=O)/C(=C\c3ccc(OCc4c(F)cccc4Cl)cc3)S2)c(C)c1. The molecule has 0 aliphatic carbocycles. The molecule has 1 heterocycles. The van der Waals surface area contributed by atoms with Crippen molar-refractivity contribution in [3.05, 3.63) is 98.7 Å². The maximum absolute atomic E-state index is 13.9. The standard InChI is InChI=1S/C25H20ClFN2O2S/c1-15-6-11-22(16(2)12-15)28-25-29-24(30)23(32-25)13-17-7-9-18(10-8-17)31-14-19-20(26)4-3-5-21(19)27/h3-13H,14H2,1-2H3,(H,28,29,30)/b23-13+. The van der Waals surface area contributed by atoms with Crippen molar-refractivity contribution in [1.82, 2.24) is 5.32 Å². The number of carbonyl (C=O) groups is 1. The van der Waals surface area contributed by atoms with Gasteiger partial charge in [0.2, 0.25) is 0 Å². The number of hydrogen-bond acceptors (Lipinski definition) is 4. The van der Waals surface area contributed by atoms with Gasteiger partial charge in [0.15, 0.2) is 5.17 Å². The van der Waals surface area contributed by atoms with Crippen LogP contribution in [0.4, 0.5) is 10.1 Å². The third-order valence-electron chi connectivity index (χ3n) is 4.85. The van der Waals surface area contributed by atoms with Crippen LogP contribution in [-0.4, -0.2) is 11.1 Å². The Morgan fingerprint density at radius 1 is 1.12 bits per heavy atom. The zero-order chi connectivity index (χ0) is 22.7. The van der Waals surface area contributed by atoms with Crippen molar-refractivity contribution in [2.24, 2.45) is 4.99 Å². The summed E-state index contributed by atoms with van der Waals surface area (Å²) < 4.78 is 19.5. The third kappa shape index (κ3) is 5.21. The Kier molecular flexibility index (Phi) is 6.63. The molecule has 0 radical (unpaired) electrons. The average molecular weight is 467 g/mol. The van der Waals surface area contributed by atoms with E-state index < -0.39 is 5.82 Å². The molecule has 0 bridgehead atoms. The minimum atomic E-state index is -0.401. The van der Waals surface area contributed by atoms with Crippen LogP contribution in [0.25, 0.3) is 6.08 Å². The van der Waals surface area contributed by atoms with E-state index in [1.54, 1.807) is 30.3 Å². The smallest absolute Gasteiger partial charge is 0.264 e. The molecule has 32 heavy (non-hydrogen) atoms. The molecule has 1 saturated heterocycles. The van der Waals surface area contributed by atoms with Gasteiger partial charge in [0.1, 0.15) is 18.2 Å². The molecule has 1 N–H and O–H groups in total. The fraction of sp³-hybridized carbons (Fsp3) is 0.120. The van der Waals surface area contributed by atoms with Gasteiger partial charge in [0, 0.05) is 5.56 Å². The number of nitrogens with one attached hydrogen (secondary N) is 1. The summed E-state index contributed by atoms with van der Waals surface area (Å²) in [5.74, 6) is -0.0125. The second-order valence-corrected chi connectivity index (χ2v) is 8.77. The van der Waals surface area contributed by atoms with Crippen LogP contribution in [0.1, 0.15) is 22.3 Å².